The predicted molar refractivity (Wildman–Crippen MR) is 94.4 cm³/mol. The number of halogens is 1. The van der Waals surface area contributed by atoms with Gasteiger partial charge in [0.15, 0.2) is 0 Å². The first-order valence-electron chi connectivity index (χ1n) is 7.50. The summed E-state index contributed by atoms with van der Waals surface area (Å²) in [6.07, 6.45) is 3.91. The monoisotopic (exact) mass is 340 g/mol. The number of nitriles is 1. The zero-order valence-corrected chi connectivity index (χ0v) is 13.8. The number of nitrogens with one attached hydrogen (secondary N) is 1. The summed E-state index contributed by atoms with van der Waals surface area (Å²) >= 11 is 5.85. The zero-order valence-electron chi connectivity index (χ0n) is 13.0. The largest absolute Gasteiger partial charge is 0.445 e. The molecule has 0 radical (unpaired) electrons. The summed E-state index contributed by atoms with van der Waals surface area (Å²) in [7, 11) is 0. The molecule has 0 heterocycles. The Balaban J connectivity index is 1.71. The molecule has 1 N–H and O–H groups in total. The lowest BCUT2D eigenvalue weighted by atomic mass is 10.1. The summed E-state index contributed by atoms with van der Waals surface area (Å²) in [6, 6.07) is 16.8. The highest BCUT2D eigenvalue weighted by molar-refractivity contribution is 6.30. The van der Waals surface area contributed by atoms with Crippen LogP contribution in [-0.4, -0.2) is 12.6 Å². The van der Waals surface area contributed by atoms with E-state index >= 15 is 0 Å². The van der Waals surface area contributed by atoms with Crippen LogP contribution in [-0.2, 0) is 11.3 Å². The van der Waals surface area contributed by atoms with E-state index in [1.807, 2.05) is 42.5 Å². The number of carbonyl (C=O) groups is 1. The molecule has 0 aromatic heterocycles. The van der Waals surface area contributed by atoms with Crippen LogP contribution in [0.5, 0.6) is 0 Å². The second-order valence-electron chi connectivity index (χ2n) is 5.02. The number of carbonyl (C=O) groups excluding carboxylic acids is 1. The van der Waals surface area contributed by atoms with Gasteiger partial charge in [0.25, 0.3) is 0 Å². The standard InChI is InChI=1S/C19H17ClN2O2/c20-18-10-9-16(17(12-18)13-21)8-4-5-11-22-19(23)24-14-15-6-2-1-3-7-15/h1-4,6-10,12H,5,11,14H2,(H,22,23). The maximum atomic E-state index is 11.6. The molecule has 0 aliphatic carbocycles. The maximum absolute atomic E-state index is 11.6. The molecular weight excluding hydrogens is 324 g/mol. The third kappa shape index (κ3) is 5.79. The van der Waals surface area contributed by atoms with E-state index in [0.717, 1.165) is 11.1 Å². The molecule has 24 heavy (non-hydrogen) atoms. The number of rotatable bonds is 6. The molecule has 0 saturated carbocycles. The van der Waals surface area contributed by atoms with Gasteiger partial charge in [0.1, 0.15) is 6.61 Å². The van der Waals surface area contributed by atoms with Crippen LogP contribution in [0.15, 0.2) is 54.6 Å². The Morgan fingerprint density at radius 1 is 1.25 bits per heavy atom. The molecule has 0 aliphatic heterocycles. The Bertz CT molecular complexity index is 752. The number of amides is 1. The second kappa shape index (κ2) is 9.39. The molecule has 2 aromatic rings. The average Bonchev–Trinajstić information content (AvgIpc) is 2.61. The van der Waals surface area contributed by atoms with Gasteiger partial charge in [-0.25, -0.2) is 4.79 Å². The molecule has 0 unspecified atom stereocenters. The fourth-order valence-electron chi connectivity index (χ4n) is 2.01. The fourth-order valence-corrected chi connectivity index (χ4v) is 2.18. The van der Waals surface area contributed by atoms with Crippen LogP contribution in [0.4, 0.5) is 4.79 Å². The zero-order chi connectivity index (χ0) is 17.2. The van der Waals surface area contributed by atoms with Crippen molar-refractivity contribution in [3.05, 3.63) is 76.3 Å². The lowest BCUT2D eigenvalue weighted by Gasteiger charge is -2.06. The van der Waals surface area contributed by atoms with E-state index in [2.05, 4.69) is 11.4 Å². The normalized spacial score (nSPS) is 10.3. The van der Waals surface area contributed by atoms with Gasteiger partial charge in [-0.3, -0.25) is 0 Å². The molecule has 2 aromatic carbocycles. The van der Waals surface area contributed by atoms with Crippen LogP contribution in [0.3, 0.4) is 0 Å². The first kappa shape index (κ1) is 17.6. The minimum absolute atomic E-state index is 0.249. The number of ether oxygens (including phenoxy) is 1. The molecule has 2 rings (SSSR count). The van der Waals surface area contributed by atoms with Gasteiger partial charge in [0.2, 0.25) is 0 Å². The Labute approximate surface area is 146 Å². The Hall–Kier alpha value is -2.77. The molecule has 0 aliphatic rings. The van der Waals surface area contributed by atoms with Crippen molar-refractivity contribution < 1.29 is 9.53 Å². The molecular formula is C19H17ClN2O2. The summed E-state index contributed by atoms with van der Waals surface area (Å²) in [6.45, 7) is 0.707. The average molecular weight is 341 g/mol. The van der Waals surface area contributed by atoms with Crippen LogP contribution >= 0.6 is 11.6 Å². The van der Waals surface area contributed by atoms with Gasteiger partial charge in [-0.2, -0.15) is 5.26 Å². The molecule has 4 nitrogen and oxygen atoms in total. The van der Waals surface area contributed by atoms with Gasteiger partial charge >= 0.3 is 6.09 Å². The number of hydrogen-bond donors (Lipinski definition) is 1. The van der Waals surface area contributed by atoms with Gasteiger partial charge < -0.3 is 10.1 Å². The summed E-state index contributed by atoms with van der Waals surface area (Å²) in [5.41, 5.74) is 2.27. The summed E-state index contributed by atoms with van der Waals surface area (Å²) in [4.78, 5) is 11.6. The molecule has 0 bridgehead atoms. The highest BCUT2D eigenvalue weighted by Crippen LogP contribution is 2.16. The van der Waals surface area contributed by atoms with Gasteiger partial charge in [0, 0.05) is 11.6 Å². The number of hydrogen-bond acceptors (Lipinski definition) is 3. The van der Waals surface area contributed by atoms with Crippen molar-refractivity contribution in [1.29, 1.82) is 5.26 Å². The smallest absolute Gasteiger partial charge is 0.407 e. The minimum Gasteiger partial charge on any atom is -0.445 e. The highest BCUT2D eigenvalue weighted by Gasteiger charge is 2.01. The third-order valence-corrected chi connectivity index (χ3v) is 3.46. The molecule has 5 heteroatoms. The van der Waals surface area contributed by atoms with Crippen LogP contribution in [0.1, 0.15) is 23.1 Å². The van der Waals surface area contributed by atoms with Crippen molar-refractivity contribution in [1.82, 2.24) is 5.32 Å². The van der Waals surface area contributed by atoms with Crippen molar-refractivity contribution in [2.45, 2.75) is 13.0 Å². The van der Waals surface area contributed by atoms with Gasteiger partial charge in [-0.15, -0.1) is 0 Å². The Morgan fingerprint density at radius 2 is 2.04 bits per heavy atom. The van der Waals surface area contributed by atoms with E-state index in [4.69, 9.17) is 21.6 Å². The SMILES string of the molecule is N#Cc1cc(Cl)ccc1C=CCCNC(=O)OCc1ccccc1. The highest BCUT2D eigenvalue weighted by atomic mass is 35.5. The van der Waals surface area contributed by atoms with Crippen molar-refractivity contribution in [2.24, 2.45) is 0 Å². The van der Waals surface area contributed by atoms with E-state index < -0.39 is 6.09 Å². The number of alkyl carbamates (subject to hydrolysis) is 1. The van der Waals surface area contributed by atoms with Crippen LogP contribution in [0, 0.1) is 11.3 Å². The van der Waals surface area contributed by atoms with Crippen LogP contribution < -0.4 is 5.32 Å². The maximum Gasteiger partial charge on any atom is 0.407 e. The van der Waals surface area contributed by atoms with Crippen molar-refractivity contribution in [2.75, 3.05) is 6.54 Å². The van der Waals surface area contributed by atoms with Crippen molar-refractivity contribution in [3.8, 4) is 6.07 Å². The van der Waals surface area contributed by atoms with E-state index in [1.165, 1.54) is 0 Å². The molecule has 0 atom stereocenters. The Morgan fingerprint density at radius 3 is 2.79 bits per heavy atom. The number of benzene rings is 2. The number of nitrogens with zero attached hydrogens (tertiary/aromatic N) is 1. The van der Waals surface area contributed by atoms with Gasteiger partial charge in [-0.05, 0) is 29.7 Å². The fraction of sp³-hybridized carbons (Fsp3) is 0.158. The van der Waals surface area contributed by atoms with Gasteiger partial charge in [0.05, 0.1) is 11.6 Å². The lowest BCUT2D eigenvalue weighted by molar-refractivity contribution is 0.140. The predicted octanol–water partition coefficient (Wildman–Crippen LogP) is 4.54. The van der Waals surface area contributed by atoms with Crippen LogP contribution in [0.25, 0.3) is 6.08 Å². The molecule has 0 saturated heterocycles. The summed E-state index contributed by atoms with van der Waals surface area (Å²) in [5.74, 6) is 0. The second-order valence-corrected chi connectivity index (χ2v) is 5.46. The molecule has 122 valence electrons. The van der Waals surface area contributed by atoms with Crippen LogP contribution in [0.2, 0.25) is 5.02 Å². The van der Waals surface area contributed by atoms with Gasteiger partial charge in [-0.1, -0.05) is 60.2 Å². The first-order chi connectivity index (χ1) is 11.7. The van der Waals surface area contributed by atoms with E-state index in [0.29, 0.717) is 23.6 Å². The van der Waals surface area contributed by atoms with Crippen molar-refractivity contribution in [3.63, 3.8) is 0 Å². The topological polar surface area (TPSA) is 62.1 Å². The Kier molecular flexibility index (Phi) is 6.88. The third-order valence-electron chi connectivity index (χ3n) is 3.23. The van der Waals surface area contributed by atoms with E-state index in [-0.39, 0.29) is 6.61 Å². The quantitative estimate of drug-likeness (QED) is 0.785. The summed E-state index contributed by atoms with van der Waals surface area (Å²) < 4.78 is 5.11. The molecule has 0 fully saturated rings. The molecule has 0 spiro atoms. The first-order valence-corrected chi connectivity index (χ1v) is 7.87. The lowest BCUT2D eigenvalue weighted by Crippen LogP contribution is -2.24. The molecule has 1 amide bonds. The van der Waals surface area contributed by atoms with E-state index in [9.17, 15) is 4.79 Å². The summed E-state index contributed by atoms with van der Waals surface area (Å²) in [5, 5.41) is 12.3. The van der Waals surface area contributed by atoms with E-state index in [1.54, 1.807) is 18.2 Å². The van der Waals surface area contributed by atoms with Crippen molar-refractivity contribution >= 4 is 23.8 Å². The minimum atomic E-state index is -0.448.